The molecule has 0 aliphatic rings. The van der Waals surface area contributed by atoms with Gasteiger partial charge in [-0.1, -0.05) is 35.5 Å². The highest BCUT2D eigenvalue weighted by atomic mass is 16.6. The normalized spacial score (nSPS) is 10.5. The van der Waals surface area contributed by atoms with Crippen molar-refractivity contribution in [3.63, 3.8) is 0 Å². The third kappa shape index (κ3) is 3.92. The molecule has 5 nitrogen and oxygen atoms in total. The lowest BCUT2D eigenvalue weighted by molar-refractivity contribution is -0.384. The van der Waals surface area contributed by atoms with E-state index in [-0.39, 0.29) is 12.3 Å². The first-order valence-electron chi connectivity index (χ1n) is 5.69. The zero-order valence-electron chi connectivity index (χ0n) is 10.1. The second-order valence-electron chi connectivity index (χ2n) is 3.84. The van der Waals surface area contributed by atoms with Crippen molar-refractivity contribution in [2.24, 2.45) is 5.16 Å². The first-order chi connectivity index (χ1) is 9.25. The maximum atomic E-state index is 10.5. The molecule has 0 atom stereocenters. The first-order valence-corrected chi connectivity index (χ1v) is 5.69. The largest absolute Gasteiger partial charge is 0.391 e. The van der Waals surface area contributed by atoms with Gasteiger partial charge in [-0.2, -0.15) is 0 Å². The van der Waals surface area contributed by atoms with Gasteiger partial charge in [0, 0.05) is 12.1 Å². The van der Waals surface area contributed by atoms with Crippen LogP contribution in [0.25, 0.3) is 0 Å². The third-order valence-corrected chi connectivity index (χ3v) is 2.45. The van der Waals surface area contributed by atoms with Crippen LogP contribution in [-0.4, -0.2) is 11.1 Å². The fraction of sp³-hybridized carbons (Fsp3) is 0.0714. The van der Waals surface area contributed by atoms with Crippen molar-refractivity contribution < 1.29 is 9.76 Å². The summed E-state index contributed by atoms with van der Waals surface area (Å²) in [5.41, 5.74) is 1.85. The van der Waals surface area contributed by atoms with Crippen molar-refractivity contribution in [3.05, 3.63) is 75.8 Å². The molecule has 96 valence electrons. The third-order valence-electron chi connectivity index (χ3n) is 2.45. The van der Waals surface area contributed by atoms with Crippen LogP contribution in [-0.2, 0) is 11.4 Å². The minimum atomic E-state index is -0.432. The Bertz CT molecular complexity index is 565. The first kappa shape index (κ1) is 12.8. The van der Waals surface area contributed by atoms with Gasteiger partial charge in [-0.3, -0.25) is 10.1 Å². The van der Waals surface area contributed by atoms with E-state index in [0.717, 1.165) is 11.1 Å². The highest BCUT2D eigenvalue weighted by Crippen LogP contribution is 2.12. The van der Waals surface area contributed by atoms with Crippen LogP contribution in [0.2, 0.25) is 0 Å². The van der Waals surface area contributed by atoms with Crippen molar-refractivity contribution in [3.8, 4) is 0 Å². The Hall–Kier alpha value is -2.69. The Morgan fingerprint density at radius 2 is 1.79 bits per heavy atom. The minimum Gasteiger partial charge on any atom is -0.391 e. The Kier molecular flexibility index (Phi) is 4.23. The molecular formula is C14H12N2O3. The minimum absolute atomic E-state index is 0.0662. The van der Waals surface area contributed by atoms with E-state index in [0.29, 0.717) is 0 Å². The molecule has 2 aromatic carbocycles. The summed E-state index contributed by atoms with van der Waals surface area (Å²) in [4.78, 5) is 15.2. The second-order valence-corrected chi connectivity index (χ2v) is 3.84. The molecule has 0 aliphatic carbocycles. The van der Waals surface area contributed by atoms with E-state index in [2.05, 4.69) is 5.16 Å². The van der Waals surface area contributed by atoms with Crippen molar-refractivity contribution in [1.29, 1.82) is 0 Å². The SMILES string of the molecule is O=[N+]([O-])c1ccc(CO/N=C/c2ccccc2)cc1. The number of oxime groups is 1. The topological polar surface area (TPSA) is 64.7 Å². The van der Waals surface area contributed by atoms with Gasteiger partial charge in [0.25, 0.3) is 5.69 Å². The van der Waals surface area contributed by atoms with Crippen molar-refractivity contribution in [1.82, 2.24) is 0 Å². The molecule has 0 fully saturated rings. The van der Waals surface area contributed by atoms with Gasteiger partial charge in [0.05, 0.1) is 11.1 Å². The summed E-state index contributed by atoms with van der Waals surface area (Å²) in [6, 6.07) is 15.8. The molecule has 19 heavy (non-hydrogen) atoms. The van der Waals surface area contributed by atoms with Crippen molar-refractivity contribution in [2.75, 3.05) is 0 Å². The molecule has 0 heterocycles. The van der Waals surface area contributed by atoms with Crippen LogP contribution < -0.4 is 0 Å². The zero-order chi connectivity index (χ0) is 13.5. The van der Waals surface area contributed by atoms with Crippen molar-refractivity contribution >= 4 is 11.9 Å². The number of benzene rings is 2. The van der Waals surface area contributed by atoms with Gasteiger partial charge in [0.1, 0.15) is 6.61 Å². The van der Waals surface area contributed by atoms with Crippen LogP contribution in [0.4, 0.5) is 5.69 Å². The molecule has 0 saturated carbocycles. The van der Waals surface area contributed by atoms with E-state index in [9.17, 15) is 10.1 Å². The highest BCUT2D eigenvalue weighted by molar-refractivity contribution is 5.78. The Balaban J connectivity index is 1.86. The molecule has 2 rings (SSSR count). The van der Waals surface area contributed by atoms with Gasteiger partial charge in [-0.15, -0.1) is 0 Å². The van der Waals surface area contributed by atoms with Gasteiger partial charge in [-0.05, 0) is 23.3 Å². The van der Waals surface area contributed by atoms with Crippen LogP contribution in [0.1, 0.15) is 11.1 Å². The Morgan fingerprint density at radius 1 is 1.11 bits per heavy atom. The van der Waals surface area contributed by atoms with Crippen molar-refractivity contribution in [2.45, 2.75) is 6.61 Å². The Morgan fingerprint density at radius 3 is 2.42 bits per heavy atom. The molecule has 0 aliphatic heterocycles. The van der Waals surface area contributed by atoms with Gasteiger partial charge in [-0.25, -0.2) is 0 Å². The standard InChI is InChI=1S/C14H12N2O3/c17-16(18)14-8-6-13(7-9-14)11-19-15-10-12-4-2-1-3-5-12/h1-10H,11H2/b15-10+. The molecule has 2 aromatic rings. The van der Waals surface area contributed by atoms with Gasteiger partial charge in [0.15, 0.2) is 0 Å². The van der Waals surface area contributed by atoms with Gasteiger partial charge in [0.2, 0.25) is 0 Å². The summed E-state index contributed by atoms with van der Waals surface area (Å²) >= 11 is 0. The summed E-state index contributed by atoms with van der Waals surface area (Å²) in [7, 11) is 0. The second kappa shape index (κ2) is 6.30. The number of nitrogens with zero attached hydrogens (tertiary/aromatic N) is 2. The van der Waals surface area contributed by atoms with Crippen LogP contribution in [0.3, 0.4) is 0 Å². The number of non-ortho nitro benzene ring substituents is 1. The van der Waals surface area contributed by atoms with E-state index < -0.39 is 4.92 Å². The van der Waals surface area contributed by atoms with E-state index >= 15 is 0 Å². The van der Waals surface area contributed by atoms with Crippen LogP contribution in [0, 0.1) is 10.1 Å². The molecule has 0 aromatic heterocycles. The maximum absolute atomic E-state index is 10.5. The summed E-state index contributed by atoms with van der Waals surface area (Å²) in [6.07, 6.45) is 1.62. The molecule has 0 spiro atoms. The molecule has 0 unspecified atom stereocenters. The summed E-state index contributed by atoms with van der Waals surface area (Å²) in [5.74, 6) is 0. The number of nitro groups is 1. The van der Waals surface area contributed by atoms with E-state index in [1.807, 2.05) is 30.3 Å². The number of nitro benzene ring substituents is 1. The average molecular weight is 256 g/mol. The lowest BCUT2D eigenvalue weighted by atomic mass is 10.2. The van der Waals surface area contributed by atoms with Crippen LogP contribution in [0.15, 0.2) is 59.8 Å². The molecular weight excluding hydrogens is 244 g/mol. The summed E-state index contributed by atoms with van der Waals surface area (Å²) in [5, 5.41) is 14.3. The molecule has 5 heteroatoms. The molecule has 0 amide bonds. The molecule has 0 saturated heterocycles. The lowest BCUT2D eigenvalue weighted by Gasteiger charge is -1.99. The predicted molar refractivity (Wildman–Crippen MR) is 71.9 cm³/mol. The number of hydrogen-bond acceptors (Lipinski definition) is 4. The summed E-state index contributed by atoms with van der Waals surface area (Å²) in [6.45, 7) is 0.279. The summed E-state index contributed by atoms with van der Waals surface area (Å²) < 4.78 is 0. The zero-order valence-corrected chi connectivity index (χ0v) is 10.1. The smallest absolute Gasteiger partial charge is 0.269 e. The monoisotopic (exact) mass is 256 g/mol. The quantitative estimate of drug-likeness (QED) is 0.469. The number of rotatable bonds is 5. The molecule has 0 N–H and O–H groups in total. The van der Waals surface area contributed by atoms with Gasteiger partial charge >= 0.3 is 0 Å². The maximum Gasteiger partial charge on any atom is 0.269 e. The fourth-order valence-electron chi connectivity index (χ4n) is 1.46. The van der Waals surface area contributed by atoms with E-state index in [1.54, 1.807) is 18.3 Å². The van der Waals surface area contributed by atoms with E-state index in [4.69, 9.17) is 4.84 Å². The fourth-order valence-corrected chi connectivity index (χ4v) is 1.46. The van der Waals surface area contributed by atoms with Gasteiger partial charge < -0.3 is 4.84 Å². The lowest BCUT2D eigenvalue weighted by Crippen LogP contribution is -1.91. The highest BCUT2D eigenvalue weighted by Gasteiger charge is 2.03. The molecule has 0 bridgehead atoms. The predicted octanol–water partition coefficient (Wildman–Crippen LogP) is 3.15. The molecule has 0 radical (unpaired) electrons. The average Bonchev–Trinajstić information content (AvgIpc) is 2.45. The van der Waals surface area contributed by atoms with E-state index in [1.165, 1.54) is 12.1 Å². The Labute approximate surface area is 110 Å². The van der Waals surface area contributed by atoms with Crippen LogP contribution in [0.5, 0.6) is 0 Å². The van der Waals surface area contributed by atoms with Crippen LogP contribution >= 0.6 is 0 Å². The number of hydrogen-bond donors (Lipinski definition) is 0.